The van der Waals surface area contributed by atoms with E-state index in [0.717, 1.165) is 18.4 Å². The highest BCUT2D eigenvalue weighted by atomic mass is 32.3. The van der Waals surface area contributed by atoms with E-state index >= 15 is 0 Å². The van der Waals surface area contributed by atoms with Crippen molar-refractivity contribution < 1.29 is 18.6 Å². The summed E-state index contributed by atoms with van der Waals surface area (Å²) in [5, 5.41) is 0. The Morgan fingerprint density at radius 3 is 2.67 bits per heavy atom. The zero-order chi connectivity index (χ0) is 17.5. The molecule has 0 radical (unpaired) electrons. The summed E-state index contributed by atoms with van der Waals surface area (Å²) in [7, 11) is -2.98. The summed E-state index contributed by atoms with van der Waals surface area (Å²) >= 11 is 0. The van der Waals surface area contributed by atoms with Gasteiger partial charge in [0, 0.05) is 25.7 Å². The van der Waals surface area contributed by atoms with E-state index in [9.17, 15) is 13.9 Å². The summed E-state index contributed by atoms with van der Waals surface area (Å²) in [4.78, 5) is 14.6. The molecule has 1 unspecified atom stereocenters. The minimum Gasteiger partial charge on any atom is -0.444 e. The second kappa shape index (κ2) is 6.22. The monoisotopic (exact) mass is 354 g/mol. The Hall–Kier alpha value is -1.28. The maximum absolute atomic E-state index is 12.3. The SMILES string of the molecule is CC(C)(C)OC(=O)N1CCCC(N2Cc3ccccc3S2(O)O)C1. The molecule has 1 fully saturated rings. The number of amides is 1. The molecular weight excluding hydrogens is 328 g/mol. The number of carbonyl (C=O) groups is 1. The van der Waals surface area contributed by atoms with Crippen LogP contribution < -0.4 is 0 Å². The fourth-order valence-corrected chi connectivity index (χ4v) is 5.21. The number of piperidine rings is 1. The van der Waals surface area contributed by atoms with Crippen LogP contribution >= 0.6 is 10.8 Å². The highest BCUT2D eigenvalue weighted by Gasteiger charge is 2.41. The first-order chi connectivity index (χ1) is 11.2. The molecule has 3 rings (SSSR count). The average Bonchev–Trinajstić information content (AvgIpc) is 2.78. The Morgan fingerprint density at radius 1 is 1.29 bits per heavy atom. The fourth-order valence-electron chi connectivity index (χ4n) is 3.30. The lowest BCUT2D eigenvalue weighted by Gasteiger charge is -2.45. The van der Waals surface area contributed by atoms with Gasteiger partial charge in [-0.3, -0.25) is 9.11 Å². The highest BCUT2D eigenvalue weighted by Crippen LogP contribution is 2.60. The van der Waals surface area contributed by atoms with E-state index in [0.29, 0.717) is 24.5 Å². The van der Waals surface area contributed by atoms with Gasteiger partial charge in [-0.15, -0.1) is 10.8 Å². The maximum atomic E-state index is 12.3. The fraction of sp³-hybridized carbons (Fsp3) is 0.588. The third-order valence-electron chi connectivity index (χ3n) is 4.38. The van der Waals surface area contributed by atoms with Crippen molar-refractivity contribution in [1.82, 2.24) is 9.21 Å². The molecule has 1 amide bonds. The van der Waals surface area contributed by atoms with Gasteiger partial charge in [-0.1, -0.05) is 18.2 Å². The Labute approximate surface area is 144 Å². The summed E-state index contributed by atoms with van der Waals surface area (Å²) in [5.74, 6) is 0. The molecule has 0 spiro atoms. The summed E-state index contributed by atoms with van der Waals surface area (Å²) in [6.45, 7) is 7.15. The third kappa shape index (κ3) is 3.39. The largest absolute Gasteiger partial charge is 0.444 e. The van der Waals surface area contributed by atoms with Crippen LogP contribution in [0.3, 0.4) is 0 Å². The summed E-state index contributed by atoms with van der Waals surface area (Å²) in [5.41, 5.74) is 0.420. The number of rotatable bonds is 1. The van der Waals surface area contributed by atoms with Crippen molar-refractivity contribution in [3.63, 3.8) is 0 Å². The van der Waals surface area contributed by atoms with Crippen LogP contribution in [0.1, 0.15) is 39.2 Å². The van der Waals surface area contributed by atoms with Gasteiger partial charge in [-0.2, -0.15) is 4.31 Å². The predicted molar refractivity (Wildman–Crippen MR) is 93.9 cm³/mol. The summed E-state index contributed by atoms with van der Waals surface area (Å²) in [6, 6.07) is 7.36. The van der Waals surface area contributed by atoms with Crippen molar-refractivity contribution in [3.8, 4) is 0 Å². The average molecular weight is 354 g/mol. The molecule has 1 atom stereocenters. The van der Waals surface area contributed by atoms with Gasteiger partial charge < -0.3 is 9.64 Å². The Balaban J connectivity index is 1.73. The molecule has 0 aliphatic carbocycles. The minimum absolute atomic E-state index is 0.0799. The zero-order valence-corrected chi connectivity index (χ0v) is 15.3. The van der Waals surface area contributed by atoms with Gasteiger partial charge in [0.1, 0.15) is 5.60 Å². The van der Waals surface area contributed by atoms with Gasteiger partial charge in [0.05, 0.1) is 4.90 Å². The molecule has 24 heavy (non-hydrogen) atoms. The van der Waals surface area contributed by atoms with Crippen LogP contribution in [0.25, 0.3) is 0 Å². The molecule has 1 saturated heterocycles. The molecule has 0 saturated carbocycles. The Kier molecular flexibility index (Phi) is 4.55. The van der Waals surface area contributed by atoms with Crippen molar-refractivity contribution in [1.29, 1.82) is 0 Å². The quantitative estimate of drug-likeness (QED) is 0.799. The van der Waals surface area contributed by atoms with Gasteiger partial charge in [-0.25, -0.2) is 4.79 Å². The summed E-state index contributed by atoms with van der Waals surface area (Å²) < 4.78 is 28.6. The number of fused-ring (bicyclic) bond motifs is 1. The number of hydrogen-bond donors (Lipinski definition) is 2. The predicted octanol–water partition coefficient (Wildman–Crippen LogP) is 3.93. The lowest BCUT2D eigenvalue weighted by Crippen LogP contribution is -2.50. The van der Waals surface area contributed by atoms with Gasteiger partial charge in [0.2, 0.25) is 0 Å². The second-order valence-corrected chi connectivity index (χ2v) is 9.37. The molecule has 134 valence electrons. The van der Waals surface area contributed by atoms with E-state index in [1.54, 1.807) is 15.3 Å². The van der Waals surface area contributed by atoms with Crippen molar-refractivity contribution in [2.24, 2.45) is 0 Å². The smallest absolute Gasteiger partial charge is 0.410 e. The second-order valence-electron chi connectivity index (χ2n) is 7.42. The Morgan fingerprint density at radius 2 is 2.00 bits per heavy atom. The van der Waals surface area contributed by atoms with Crippen LogP contribution in [0.15, 0.2) is 29.2 Å². The standard InChI is InChI=1S/C17H26N2O4S/c1-17(2,3)23-16(20)18-10-6-8-14(12-18)19-11-13-7-4-5-9-15(13)24(19,21)22/h4-5,7,9,14,21-22H,6,8,10-12H2,1-3H3. The number of ether oxygens (including phenoxy) is 1. The van der Waals surface area contributed by atoms with Crippen LogP contribution in [0, 0.1) is 0 Å². The first-order valence-electron chi connectivity index (χ1n) is 8.29. The van der Waals surface area contributed by atoms with Crippen LogP contribution in [0.5, 0.6) is 0 Å². The molecule has 2 N–H and O–H groups in total. The highest BCUT2D eigenvalue weighted by molar-refractivity contribution is 8.22. The molecule has 2 aliphatic heterocycles. The third-order valence-corrected chi connectivity index (χ3v) is 6.45. The molecule has 0 bridgehead atoms. The molecule has 6 nitrogen and oxygen atoms in total. The molecule has 7 heteroatoms. The van der Waals surface area contributed by atoms with Crippen molar-refractivity contribution in [2.75, 3.05) is 13.1 Å². The zero-order valence-electron chi connectivity index (χ0n) is 14.4. The van der Waals surface area contributed by atoms with Crippen molar-refractivity contribution in [2.45, 2.75) is 56.7 Å². The number of nitrogens with zero attached hydrogens (tertiary/aromatic N) is 2. The Bertz CT molecular complexity index is 629. The number of carbonyl (C=O) groups excluding carboxylic acids is 1. The van der Waals surface area contributed by atoms with Gasteiger partial charge in [0.15, 0.2) is 0 Å². The lowest BCUT2D eigenvalue weighted by molar-refractivity contribution is 0.0150. The molecule has 1 aromatic rings. The normalized spacial score (nSPS) is 25.2. The van der Waals surface area contributed by atoms with E-state index in [1.165, 1.54) is 0 Å². The molecular formula is C17H26N2O4S. The van der Waals surface area contributed by atoms with Crippen LogP contribution in [-0.2, 0) is 11.3 Å². The minimum atomic E-state index is -2.98. The van der Waals surface area contributed by atoms with E-state index in [4.69, 9.17) is 4.74 Å². The topological polar surface area (TPSA) is 73.2 Å². The first-order valence-corrected chi connectivity index (χ1v) is 9.80. The molecule has 1 aromatic carbocycles. The molecule has 0 aromatic heterocycles. The van der Waals surface area contributed by atoms with Crippen molar-refractivity contribution >= 4 is 16.9 Å². The van der Waals surface area contributed by atoms with Crippen LogP contribution in [0.2, 0.25) is 0 Å². The van der Waals surface area contributed by atoms with Crippen LogP contribution in [-0.4, -0.2) is 49.1 Å². The van der Waals surface area contributed by atoms with Crippen LogP contribution in [0.4, 0.5) is 4.79 Å². The molecule has 2 aliphatic rings. The summed E-state index contributed by atoms with van der Waals surface area (Å²) in [6.07, 6.45) is 1.33. The van der Waals surface area contributed by atoms with E-state index in [2.05, 4.69) is 0 Å². The van der Waals surface area contributed by atoms with Gasteiger partial charge in [-0.05, 0) is 45.2 Å². The number of benzene rings is 1. The maximum Gasteiger partial charge on any atom is 0.410 e. The van der Waals surface area contributed by atoms with E-state index in [1.807, 2.05) is 39.0 Å². The first kappa shape index (κ1) is 17.5. The van der Waals surface area contributed by atoms with Gasteiger partial charge in [0.25, 0.3) is 0 Å². The van der Waals surface area contributed by atoms with E-state index in [-0.39, 0.29) is 12.1 Å². The number of hydrogen-bond acceptors (Lipinski definition) is 5. The molecule has 2 heterocycles. The lowest BCUT2D eigenvalue weighted by atomic mass is 10.1. The van der Waals surface area contributed by atoms with Crippen molar-refractivity contribution in [3.05, 3.63) is 29.8 Å². The van der Waals surface area contributed by atoms with E-state index < -0.39 is 16.4 Å². The number of likely N-dealkylation sites (tertiary alicyclic amines) is 1. The van der Waals surface area contributed by atoms with Gasteiger partial charge >= 0.3 is 6.09 Å².